The molecule has 138 valence electrons. The van der Waals surface area contributed by atoms with Crippen molar-refractivity contribution >= 4 is 11.8 Å². The highest BCUT2D eigenvalue weighted by atomic mass is 16.5. The molecule has 2 amide bonds. The van der Waals surface area contributed by atoms with E-state index in [1.807, 2.05) is 11.8 Å². The molecular formula is C18H33N3O3. The number of carbonyl (C=O) groups excluding carboxylic acids is 2. The molecule has 2 fully saturated rings. The molecule has 2 rings (SSSR count). The molecule has 1 saturated carbocycles. The van der Waals surface area contributed by atoms with Crippen molar-refractivity contribution in [1.29, 1.82) is 0 Å². The molecule has 1 saturated heterocycles. The second kappa shape index (κ2) is 9.99. The second-order valence-corrected chi connectivity index (χ2v) is 7.14. The van der Waals surface area contributed by atoms with E-state index in [1.54, 1.807) is 0 Å². The molecule has 6 heteroatoms. The summed E-state index contributed by atoms with van der Waals surface area (Å²) < 4.78 is 5.24. The van der Waals surface area contributed by atoms with Gasteiger partial charge >= 0.3 is 0 Å². The number of ether oxygens (including phenoxy) is 1. The predicted octanol–water partition coefficient (Wildman–Crippen LogP) is 1.25. The Balaban J connectivity index is 1.63. The minimum absolute atomic E-state index is 0.130. The fourth-order valence-corrected chi connectivity index (χ4v) is 3.66. The fourth-order valence-electron chi connectivity index (χ4n) is 3.66. The van der Waals surface area contributed by atoms with Crippen LogP contribution in [0.5, 0.6) is 0 Å². The number of nitrogens with one attached hydrogen (secondary N) is 1. The summed E-state index contributed by atoms with van der Waals surface area (Å²) in [4.78, 5) is 28.3. The normalized spacial score (nSPS) is 25.5. The number of carbonyl (C=O) groups is 2. The SMILES string of the molecule is CCOCCC(=O)N1CCN(CC(=O)N[C@@H]2CCC[C@@H](C)C2)CC1. The highest BCUT2D eigenvalue weighted by Crippen LogP contribution is 2.23. The summed E-state index contributed by atoms with van der Waals surface area (Å²) in [5.74, 6) is 1.00. The third-order valence-electron chi connectivity index (χ3n) is 5.06. The zero-order chi connectivity index (χ0) is 17.4. The Kier molecular flexibility index (Phi) is 7.99. The van der Waals surface area contributed by atoms with E-state index in [2.05, 4.69) is 17.1 Å². The number of hydrogen-bond donors (Lipinski definition) is 1. The van der Waals surface area contributed by atoms with Crippen molar-refractivity contribution in [2.24, 2.45) is 5.92 Å². The van der Waals surface area contributed by atoms with Crippen LogP contribution in [0.3, 0.4) is 0 Å². The lowest BCUT2D eigenvalue weighted by atomic mass is 9.87. The van der Waals surface area contributed by atoms with Crippen LogP contribution in [0, 0.1) is 5.92 Å². The minimum Gasteiger partial charge on any atom is -0.381 e. The molecule has 2 aliphatic rings. The number of amides is 2. The van der Waals surface area contributed by atoms with Gasteiger partial charge in [-0.05, 0) is 25.7 Å². The third-order valence-corrected chi connectivity index (χ3v) is 5.06. The Hall–Kier alpha value is -1.14. The lowest BCUT2D eigenvalue weighted by Crippen LogP contribution is -2.52. The molecule has 0 spiro atoms. The van der Waals surface area contributed by atoms with Gasteiger partial charge in [0.2, 0.25) is 11.8 Å². The van der Waals surface area contributed by atoms with Crippen molar-refractivity contribution in [3.63, 3.8) is 0 Å². The maximum atomic E-state index is 12.2. The van der Waals surface area contributed by atoms with Crippen LogP contribution < -0.4 is 5.32 Å². The van der Waals surface area contributed by atoms with E-state index in [-0.39, 0.29) is 11.8 Å². The van der Waals surface area contributed by atoms with E-state index in [9.17, 15) is 9.59 Å². The number of piperazine rings is 1. The van der Waals surface area contributed by atoms with Crippen LogP contribution in [0.1, 0.15) is 46.0 Å². The quantitative estimate of drug-likeness (QED) is 0.709. The van der Waals surface area contributed by atoms with Gasteiger partial charge in [0.05, 0.1) is 19.6 Å². The van der Waals surface area contributed by atoms with Crippen molar-refractivity contribution in [2.75, 3.05) is 45.9 Å². The van der Waals surface area contributed by atoms with Crippen LogP contribution in [-0.2, 0) is 14.3 Å². The summed E-state index contributed by atoms with van der Waals surface area (Å²) in [6, 6.07) is 0.350. The first-order valence-electron chi connectivity index (χ1n) is 9.45. The molecule has 1 heterocycles. The lowest BCUT2D eigenvalue weighted by Gasteiger charge is -2.35. The van der Waals surface area contributed by atoms with Gasteiger partial charge in [-0.25, -0.2) is 0 Å². The first-order chi connectivity index (χ1) is 11.6. The van der Waals surface area contributed by atoms with Crippen molar-refractivity contribution in [3.8, 4) is 0 Å². The largest absolute Gasteiger partial charge is 0.381 e. The average Bonchev–Trinajstić information content (AvgIpc) is 2.55. The molecule has 0 aromatic carbocycles. The second-order valence-electron chi connectivity index (χ2n) is 7.14. The van der Waals surface area contributed by atoms with Gasteiger partial charge in [0, 0.05) is 38.8 Å². The van der Waals surface area contributed by atoms with E-state index in [0.717, 1.165) is 31.8 Å². The van der Waals surface area contributed by atoms with Crippen molar-refractivity contribution in [3.05, 3.63) is 0 Å². The van der Waals surface area contributed by atoms with Crippen molar-refractivity contribution in [1.82, 2.24) is 15.1 Å². The monoisotopic (exact) mass is 339 g/mol. The number of nitrogens with zero attached hydrogens (tertiary/aromatic N) is 2. The minimum atomic E-state index is 0.130. The first-order valence-corrected chi connectivity index (χ1v) is 9.45. The van der Waals surface area contributed by atoms with Gasteiger partial charge in [-0.2, -0.15) is 0 Å². The van der Waals surface area contributed by atoms with Gasteiger partial charge in [0.25, 0.3) is 0 Å². The molecule has 0 aromatic rings. The van der Waals surface area contributed by atoms with Gasteiger partial charge in [-0.3, -0.25) is 14.5 Å². The lowest BCUT2D eigenvalue weighted by molar-refractivity contribution is -0.134. The zero-order valence-electron chi connectivity index (χ0n) is 15.3. The zero-order valence-corrected chi connectivity index (χ0v) is 15.3. The molecule has 0 radical (unpaired) electrons. The van der Waals surface area contributed by atoms with Crippen LogP contribution >= 0.6 is 0 Å². The van der Waals surface area contributed by atoms with Crippen LogP contribution in [-0.4, -0.2) is 73.6 Å². The van der Waals surface area contributed by atoms with Gasteiger partial charge in [0.1, 0.15) is 0 Å². The summed E-state index contributed by atoms with van der Waals surface area (Å²) in [6.07, 6.45) is 5.17. The summed E-state index contributed by atoms with van der Waals surface area (Å²) in [7, 11) is 0. The fraction of sp³-hybridized carbons (Fsp3) is 0.889. The molecule has 1 aliphatic heterocycles. The molecule has 0 bridgehead atoms. The van der Waals surface area contributed by atoms with Gasteiger partial charge in [-0.15, -0.1) is 0 Å². The van der Waals surface area contributed by atoms with Gasteiger partial charge in [-0.1, -0.05) is 19.8 Å². The highest BCUT2D eigenvalue weighted by molar-refractivity contribution is 5.78. The molecule has 1 N–H and O–H groups in total. The topological polar surface area (TPSA) is 61.9 Å². The molecule has 24 heavy (non-hydrogen) atoms. The highest BCUT2D eigenvalue weighted by Gasteiger charge is 2.24. The van der Waals surface area contributed by atoms with Crippen molar-refractivity contribution < 1.29 is 14.3 Å². The third kappa shape index (κ3) is 6.40. The Labute approximate surface area is 145 Å². The van der Waals surface area contributed by atoms with E-state index in [0.29, 0.717) is 45.3 Å². The van der Waals surface area contributed by atoms with Crippen LogP contribution in [0.25, 0.3) is 0 Å². The molecule has 6 nitrogen and oxygen atoms in total. The van der Waals surface area contributed by atoms with E-state index in [4.69, 9.17) is 4.74 Å². The van der Waals surface area contributed by atoms with Gasteiger partial charge < -0.3 is 15.0 Å². The number of rotatable bonds is 7. The molecule has 1 aliphatic carbocycles. The maximum Gasteiger partial charge on any atom is 0.234 e. The smallest absolute Gasteiger partial charge is 0.234 e. The van der Waals surface area contributed by atoms with Gasteiger partial charge in [0.15, 0.2) is 0 Å². The summed E-state index contributed by atoms with van der Waals surface area (Å²) in [6.45, 7) is 8.75. The van der Waals surface area contributed by atoms with Crippen LogP contribution in [0.4, 0.5) is 0 Å². The molecule has 0 unspecified atom stereocenters. The molecule has 2 atom stereocenters. The molecule has 0 aromatic heterocycles. The predicted molar refractivity (Wildman–Crippen MR) is 93.7 cm³/mol. The van der Waals surface area contributed by atoms with Crippen LogP contribution in [0.2, 0.25) is 0 Å². The Bertz CT molecular complexity index is 408. The van der Waals surface area contributed by atoms with E-state index >= 15 is 0 Å². The first kappa shape index (κ1) is 19.2. The summed E-state index contributed by atoms with van der Waals surface area (Å²) >= 11 is 0. The van der Waals surface area contributed by atoms with E-state index in [1.165, 1.54) is 12.8 Å². The van der Waals surface area contributed by atoms with Crippen LogP contribution in [0.15, 0.2) is 0 Å². The van der Waals surface area contributed by atoms with E-state index < -0.39 is 0 Å². The van der Waals surface area contributed by atoms with Crippen molar-refractivity contribution in [2.45, 2.75) is 52.0 Å². The standard InChI is InChI=1S/C18H33N3O3/c1-3-24-12-7-18(23)21-10-8-20(9-11-21)14-17(22)19-16-6-4-5-15(2)13-16/h15-16H,3-14H2,1-2H3,(H,19,22)/t15-,16-/m1/s1. The average molecular weight is 339 g/mol. The summed E-state index contributed by atoms with van der Waals surface area (Å²) in [5, 5.41) is 3.19. The number of hydrogen-bond acceptors (Lipinski definition) is 4. The summed E-state index contributed by atoms with van der Waals surface area (Å²) in [5.41, 5.74) is 0. The maximum absolute atomic E-state index is 12.2. The Morgan fingerprint density at radius 2 is 1.92 bits per heavy atom. The Morgan fingerprint density at radius 3 is 2.58 bits per heavy atom. The molecular weight excluding hydrogens is 306 g/mol. The Morgan fingerprint density at radius 1 is 1.17 bits per heavy atom.